The van der Waals surface area contributed by atoms with E-state index in [1.165, 1.54) is 12.1 Å². The molecule has 1 saturated heterocycles. The Morgan fingerprint density at radius 3 is 2.33 bits per heavy atom. The molecule has 2 heterocycles. The normalized spacial score (nSPS) is 16.0. The molecule has 0 bridgehead atoms. The lowest BCUT2D eigenvalue weighted by atomic mass is 9.90. The van der Waals surface area contributed by atoms with Gasteiger partial charge < -0.3 is 10.6 Å². The minimum atomic E-state index is -4.51. The fourth-order valence-electron chi connectivity index (χ4n) is 3.42. The van der Waals surface area contributed by atoms with Gasteiger partial charge in [-0.15, -0.1) is 0 Å². The summed E-state index contributed by atoms with van der Waals surface area (Å²) in [6.07, 6.45) is -2.46. The molecule has 0 unspecified atom stereocenters. The molecule has 3 nitrogen and oxygen atoms in total. The van der Waals surface area contributed by atoms with Crippen LogP contribution in [0.15, 0.2) is 30.3 Å². The van der Waals surface area contributed by atoms with E-state index in [-0.39, 0.29) is 18.3 Å². The summed E-state index contributed by atoms with van der Waals surface area (Å²) in [5, 5.41) is 0. The largest absolute Gasteiger partial charge is 0.433 e. The van der Waals surface area contributed by atoms with E-state index in [0.29, 0.717) is 30.6 Å². The van der Waals surface area contributed by atoms with E-state index in [4.69, 9.17) is 5.73 Å². The molecule has 0 aliphatic carbocycles. The van der Waals surface area contributed by atoms with E-state index in [2.05, 4.69) is 4.98 Å². The molecule has 146 valence electrons. The number of halogens is 5. The first-order valence-electron chi connectivity index (χ1n) is 8.74. The zero-order valence-electron chi connectivity index (χ0n) is 14.6. The molecule has 1 fully saturated rings. The summed E-state index contributed by atoms with van der Waals surface area (Å²) < 4.78 is 65.3. The van der Waals surface area contributed by atoms with Crippen LogP contribution >= 0.6 is 0 Å². The molecule has 0 radical (unpaired) electrons. The molecule has 27 heavy (non-hydrogen) atoms. The summed E-state index contributed by atoms with van der Waals surface area (Å²) in [5.74, 6) is -1.22. The number of nitrogens with two attached hydrogens (primary N) is 1. The first kappa shape index (κ1) is 19.5. The number of pyridine rings is 1. The third-order valence-corrected chi connectivity index (χ3v) is 4.89. The van der Waals surface area contributed by atoms with Crippen LogP contribution in [-0.2, 0) is 19.1 Å². The molecule has 1 aromatic heterocycles. The smallest absolute Gasteiger partial charge is 0.356 e. The van der Waals surface area contributed by atoms with Gasteiger partial charge in [0.05, 0.1) is 0 Å². The first-order valence-corrected chi connectivity index (χ1v) is 8.74. The zero-order valence-corrected chi connectivity index (χ0v) is 14.6. The third-order valence-electron chi connectivity index (χ3n) is 4.89. The Kier molecular flexibility index (Phi) is 5.64. The van der Waals surface area contributed by atoms with Crippen LogP contribution in [0.5, 0.6) is 0 Å². The summed E-state index contributed by atoms with van der Waals surface area (Å²) in [5.41, 5.74) is 6.01. The number of hydrogen-bond donors (Lipinski definition) is 1. The fourth-order valence-corrected chi connectivity index (χ4v) is 3.42. The van der Waals surface area contributed by atoms with Gasteiger partial charge in [0.1, 0.15) is 11.5 Å². The van der Waals surface area contributed by atoms with Gasteiger partial charge in [-0.1, -0.05) is 12.1 Å². The predicted molar refractivity (Wildman–Crippen MR) is 92.1 cm³/mol. The van der Waals surface area contributed by atoms with Gasteiger partial charge in [0.15, 0.2) is 11.6 Å². The molecule has 1 aromatic carbocycles. The molecule has 3 rings (SSSR count). The SMILES string of the molecule is NCc1ccc(C(F)(F)F)nc1N1CCC(Cc2ccc(F)c(F)c2)CC1. The molecule has 2 aromatic rings. The van der Waals surface area contributed by atoms with Gasteiger partial charge in [0, 0.05) is 25.2 Å². The molecular weight excluding hydrogens is 365 g/mol. The monoisotopic (exact) mass is 385 g/mol. The van der Waals surface area contributed by atoms with Gasteiger partial charge in [-0.05, 0) is 48.9 Å². The first-order chi connectivity index (χ1) is 12.8. The van der Waals surface area contributed by atoms with Crippen molar-refractivity contribution >= 4 is 5.82 Å². The van der Waals surface area contributed by atoms with Crippen molar-refractivity contribution in [3.05, 3.63) is 58.8 Å². The number of aromatic nitrogens is 1. The molecule has 1 aliphatic rings. The van der Waals surface area contributed by atoms with Crippen LogP contribution in [-0.4, -0.2) is 18.1 Å². The maximum absolute atomic E-state index is 13.3. The molecule has 0 spiro atoms. The fraction of sp³-hybridized carbons (Fsp3) is 0.421. The summed E-state index contributed by atoms with van der Waals surface area (Å²) in [6, 6.07) is 6.19. The van der Waals surface area contributed by atoms with Gasteiger partial charge in [-0.3, -0.25) is 0 Å². The van der Waals surface area contributed by atoms with Crippen LogP contribution < -0.4 is 10.6 Å². The lowest BCUT2D eigenvalue weighted by molar-refractivity contribution is -0.141. The average Bonchev–Trinajstić information content (AvgIpc) is 2.64. The molecule has 2 N–H and O–H groups in total. The Hall–Kier alpha value is -2.22. The van der Waals surface area contributed by atoms with Gasteiger partial charge in [0.25, 0.3) is 0 Å². The average molecular weight is 385 g/mol. The predicted octanol–water partition coefficient (Wildman–Crippen LogP) is 4.30. The van der Waals surface area contributed by atoms with E-state index in [0.717, 1.165) is 25.0 Å². The maximum Gasteiger partial charge on any atom is 0.433 e. The second-order valence-corrected chi connectivity index (χ2v) is 6.76. The minimum Gasteiger partial charge on any atom is -0.356 e. The van der Waals surface area contributed by atoms with Gasteiger partial charge in [-0.25, -0.2) is 13.8 Å². The van der Waals surface area contributed by atoms with Crippen LogP contribution in [0.3, 0.4) is 0 Å². The van der Waals surface area contributed by atoms with E-state index in [1.54, 1.807) is 6.07 Å². The Labute approximate surface area is 154 Å². The molecule has 1 aliphatic heterocycles. The lowest BCUT2D eigenvalue weighted by Gasteiger charge is -2.34. The minimum absolute atomic E-state index is 0.106. The van der Waals surface area contributed by atoms with Crippen LogP contribution in [0.2, 0.25) is 0 Å². The highest BCUT2D eigenvalue weighted by molar-refractivity contribution is 5.48. The van der Waals surface area contributed by atoms with Crippen LogP contribution in [0.25, 0.3) is 0 Å². The number of anilines is 1. The number of alkyl halides is 3. The standard InChI is InChI=1S/C19H20F5N3/c20-15-3-1-13(10-16(15)21)9-12-5-7-27(8-6-12)18-14(11-25)2-4-17(26-18)19(22,23)24/h1-4,10,12H,5-9,11,25H2. The molecule has 0 saturated carbocycles. The zero-order chi connectivity index (χ0) is 19.6. The van der Waals surface area contributed by atoms with Crippen LogP contribution in [0.1, 0.15) is 29.7 Å². The van der Waals surface area contributed by atoms with Crippen molar-refractivity contribution < 1.29 is 22.0 Å². The Morgan fingerprint density at radius 2 is 1.74 bits per heavy atom. The Morgan fingerprint density at radius 1 is 1.04 bits per heavy atom. The maximum atomic E-state index is 13.3. The summed E-state index contributed by atoms with van der Waals surface area (Å²) in [4.78, 5) is 5.62. The quantitative estimate of drug-likeness (QED) is 0.798. The van der Waals surface area contributed by atoms with Crippen LogP contribution in [0, 0.1) is 17.6 Å². The molecule has 8 heteroatoms. The number of hydrogen-bond acceptors (Lipinski definition) is 3. The van der Waals surface area contributed by atoms with Crippen molar-refractivity contribution in [3.8, 4) is 0 Å². The Balaban J connectivity index is 1.69. The summed E-state index contributed by atoms with van der Waals surface area (Å²) >= 11 is 0. The van der Waals surface area contributed by atoms with Crippen molar-refractivity contribution in [2.75, 3.05) is 18.0 Å². The number of benzene rings is 1. The third kappa shape index (κ3) is 4.55. The second-order valence-electron chi connectivity index (χ2n) is 6.76. The van der Waals surface area contributed by atoms with E-state index in [1.807, 2.05) is 4.90 Å². The van der Waals surface area contributed by atoms with E-state index >= 15 is 0 Å². The van der Waals surface area contributed by atoms with Crippen molar-refractivity contribution in [1.29, 1.82) is 0 Å². The highest BCUT2D eigenvalue weighted by Gasteiger charge is 2.34. The topological polar surface area (TPSA) is 42.1 Å². The van der Waals surface area contributed by atoms with E-state index in [9.17, 15) is 22.0 Å². The van der Waals surface area contributed by atoms with Crippen molar-refractivity contribution in [1.82, 2.24) is 4.98 Å². The van der Waals surface area contributed by atoms with Crippen molar-refractivity contribution in [2.45, 2.75) is 32.0 Å². The van der Waals surface area contributed by atoms with Crippen LogP contribution in [0.4, 0.5) is 27.8 Å². The highest BCUT2D eigenvalue weighted by Crippen LogP contribution is 2.32. The summed E-state index contributed by atoms with van der Waals surface area (Å²) in [7, 11) is 0. The van der Waals surface area contributed by atoms with Gasteiger partial charge >= 0.3 is 6.18 Å². The molecule has 0 atom stereocenters. The molecule has 0 amide bonds. The second kappa shape index (κ2) is 7.80. The number of piperidine rings is 1. The number of rotatable bonds is 4. The molecular formula is C19H20F5N3. The van der Waals surface area contributed by atoms with Gasteiger partial charge in [-0.2, -0.15) is 13.2 Å². The summed E-state index contributed by atoms with van der Waals surface area (Å²) in [6.45, 7) is 1.18. The van der Waals surface area contributed by atoms with E-state index < -0.39 is 23.5 Å². The van der Waals surface area contributed by atoms with Crippen molar-refractivity contribution in [3.63, 3.8) is 0 Å². The Bertz CT molecular complexity index is 798. The number of nitrogens with zero attached hydrogens (tertiary/aromatic N) is 2. The van der Waals surface area contributed by atoms with Crippen molar-refractivity contribution in [2.24, 2.45) is 11.7 Å². The van der Waals surface area contributed by atoms with Gasteiger partial charge in [0.2, 0.25) is 0 Å². The highest BCUT2D eigenvalue weighted by atomic mass is 19.4. The lowest BCUT2D eigenvalue weighted by Crippen LogP contribution is -2.36.